The Hall–Kier alpha value is -4.02. The number of imidazole rings is 1. The van der Waals surface area contributed by atoms with Crippen LogP contribution in [0.15, 0.2) is 54.9 Å². The van der Waals surface area contributed by atoms with E-state index in [1.807, 2.05) is 13.8 Å². The SMILES string of the molecule is CCN(CC)C(=O)Nc1cc(-c2cn3nc(-c4cccnc4C(F)(F)F)ccc3n2)ccc1F. The van der Waals surface area contributed by atoms with Crippen molar-refractivity contribution in [2.75, 3.05) is 18.4 Å². The summed E-state index contributed by atoms with van der Waals surface area (Å²) < 4.78 is 55.7. The van der Waals surface area contributed by atoms with Gasteiger partial charge in [-0.1, -0.05) is 0 Å². The van der Waals surface area contributed by atoms with Crippen molar-refractivity contribution in [3.8, 4) is 22.5 Å². The molecule has 176 valence electrons. The zero-order valence-electron chi connectivity index (χ0n) is 18.3. The number of carbonyl (C=O) groups is 1. The maximum atomic E-state index is 14.3. The van der Waals surface area contributed by atoms with Gasteiger partial charge in [0, 0.05) is 30.4 Å². The number of nitrogens with one attached hydrogen (secondary N) is 1. The lowest BCUT2D eigenvalue weighted by Crippen LogP contribution is -2.34. The monoisotopic (exact) mass is 472 g/mol. The van der Waals surface area contributed by atoms with Gasteiger partial charge in [-0.2, -0.15) is 18.3 Å². The van der Waals surface area contributed by atoms with Gasteiger partial charge >= 0.3 is 12.2 Å². The Morgan fingerprint density at radius 3 is 2.56 bits per heavy atom. The van der Waals surface area contributed by atoms with Crippen molar-refractivity contribution in [1.29, 1.82) is 0 Å². The standard InChI is InChI=1S/C23H20F4N6O/c1-3-32(4-2)22(34)30-18-12-14(7-8-16(18)24)19-13-33-20(29-19)10-9-17(31-33)15-6-5-11-28-21(15)23(25,26)27/h5-13H,3-4H2,1-2H3,(H,30,34). The van der Waals surface area contributed by atoms with E-state index in [-0.39, 0.29) is 16.9 Å². The number of rotatable bonds is 5. The smallest absolute Gasteiger partial charge is 0.325 e. The number of halogens is 4. The molecule has 0 radical (unpaired) electrons. The normalized spacial score (nSPS) is 11.6. The summed E-state index contributed by atoms with van der Waals surface area (Å²) in [4.78, 5) is 21.7. The van der Waals surface area contributed by atoms with Gasteiger partial charge in [0.1, 0.15) is 5.82 Å². The molecule has 0 atom stereocenters. The third-order valence-electron chi connectivity index (χ3n) is 5.23. The summed E-state index contributed by atoms with van der Waals surface area (Å²) in [6.45, 7) is 4.57. The minimum absolute atomic E-state index is 0.00900. The first-order chi connectivity index (χ1) is 16.2. The first-order valence-corrected chi connectivity index (χ1v) is 10.5. The van der Waals surface area contributed by atoms with E-state index in [9.17, 15) is 22.4 Å². The van der Waals surface area contributed by atoms with Crippen molar-refractivity contribution in [2.24, 2.45) is 0 Å². The number of amides is 2. The number of benzene rings is 1. The van der Waals surface area contributed by atoms with Crippen LogP contribution < -0.4 is 5.32 Å². The average Bonchev–Trinajstić information content (AvgIpc) is 3.24. The van der Waals surface area contributed by atoms with Crippen LogP contribution in [-0.4, -0.2) is 43.6 Å². The summed E-state index contributed by atoms with van der Waals surface area (Å²) in [6, 6.07) is 9.39. The number of aromatic nitrogens is 4. The first kappa shape index (κ1) is 23.1. The maximum Gasteiger partial charge on any atom is 0.434 e. The minimum atomic E-state index is -4.63. The van der Waals surface area contributed by atoms with Gasteiger partial charge < -0.3 is 10.2 Å². The Morgan fingerprint density at radius 2 is 1.85 bits per heavy atom. The number of hydrogen-bond donors (Lipinski definition) is 1. The Kier molecular flexibility index (Phi) is 6.18. The first-order valence-electron chi connectivity index (χ1n) is 10.5. The second kappa shape index (κ2) is 9.08. The molecule has 3 aromatic heterocycles. The van der Waals surface area contributed by atoms with Crippen molar-refractivity contribution < 1.29 is 22.4 Å². The van der Waals surface area contributed by atoms with E-state index >= 15 is 0 Å². The molecule has 2 amide bonds. The highest BCUT2D eigenvalue weighted by molar-refractivity contribution is 5.90. The van der Waals surface area contributed by atoms with E-state index in [4.69, 9.17) is 0 Å². The Labute approximate surface area is 192 Å². The van der Waals surface area contributed by atoms with E-state index in [0.29, 0.717) is 30.0 Å². The summed E-state index contributed by atoms with van der Waals surface area (Å²) in [6.07, 6.45) is -2.04. The number of fused-ring (bicyclic) bond motifs is 1. The molecule has 0 unspecified atom stereocenters. The largest absolute Gasteiger partial charge is 0.434 e. The van der Waals surface area contributed by atoms with Crippen molar-refractivity contribution >= 4 is 17.4 Å². The van der Waals surface area contributed by atoms with Crippen LogP contribution in [0.3, 0.4) is 0 Å². The van der Waals surface area contributed by atoms with Crippen molar-refractivity contribution in [2.45, 2.75) is 20.0 Å². The van der Waals surface area contributed by atoms with Gasteiger partial charge in [-0.3, -0.25) is 4.98 Å². The van der Waals surface area contributed by atoms with Gasteiger partial charge in [-0.25, -0.2) is 18.7 Å². The van der Waals surface area contributed by atoms with Crippen LogP contribution in [0.4, 0.5) is 28.0 Å². The van der Waals surface area contributed by atoms with E-state index in [1.165, 1.54) is 58.1 Å². The molecule has 0 aliphatic rings. The van der Waals surface area contributed by atoms with Gasteiger partial charge in [0.05, 0.1) is 23.3 Å². The summed E-state index contributed by atoms with van der Waals surface area (Å²) in [5.74, 6) is -0.607. The molecule has 0 aliphatic heterocycles. The molecule has 0 spiro atoms. The van der Waals surface area contributed by atoms with E-state index < -0.39 is 23.7 Å². The van der Waals surface area contributed by atoms with Crippen LogP contribution in [0.25, 0.3) is 28.2 Å². The molecule has 7 nitrogen and oxygen atoms in total. The highest BCUT2D eigenvalue weighted by atomic mass is 19.4. The number of anilines is 1. The van der Waals surface area contributed by atoms with Gasteiger partial charge in [0.2, 0.25) is 0 Å². The highest BCUT2D eigenvalue weighted by Crippen LogP contribution is 2.34. The third kappa shape index (κ3) is 4.54. The number of pyridine rings is 1. The van der Waals surface area contributed by atoms with Gasteiger partial charge in [-0.05, 0) is 56.3 Å². The van der Waals surface area contributed by atoms with Crippen LogP contribution in [0.5, 0.6) is 0 Å². The molecular weight excluding hydrogens is 452 g/mol. The van der Waals surface area contributed by atoms with Crippen LogP contribution >= 0.6 is 0 Å². The number of hydrogen-bond acceptors (Lipinski definition) is 4. The van der Waals surface area contributed by atoms with Gasteiger partial charge in [0.25, 0.3) is 0 Å². The van der Waals surface area contributed by atoms with Gasteiger partial charge in [0.15, 0.2) is 11.3 Å². The van der Waals surface area contributed by atoms with Crippen LogP contribution in [0.2, 0.25) is 0 Å². The molecule has 11 heteroatoms. The predicted molar refractivity (Wildman–Crippen MR) is 119 cm³/mol. The summed E-state index contributed by atoms with van der Waals surface area (Å²) in [5.41, 5.74) is 0.165. The predicted octanol–water partition coefficient (Wildman–Crippen LogP) is 5.49. The summed E-state index contributed by atoms with van der Waals surface area (Å²) in [7, 11) is 0. The lowest BCUT2D eigenvalue weighted by molar-refractivity contribution is -0.140. The lowest BCUT2D eigenvalue weighted by atomic mass is 10.1. The molecule has 1 N–H and O–H groups in total. The summed E-state index contributed by atoms with van der Waals surface area (Å²) in [5, 5.41) is 6.82. The van der Waals surface area contributed by atoms with Crippen LogP contribution in [0.1, 0.15) is 19.5 Å². The fourth-order valence-corrected chi connectivity index (χ4v) is 3.49. The summed E-state index contributed by atoms with van der Waals surface area (Å²) >= 11 is 0. The number of alkyl halides is 3. The highest BCUT2D eigenvalue weighted by Gasteiger charge is 2.35. The van der Waals surface area contributed by atoms with Gasteiger partial charge in [-0.15, -0.1) is 0 Å². The molecule has 0 aliphatic carbocycles. The molecule has 0 saturated heterocycles. The fraction of sp³-hybridized carbons (Fsp3) is 0.217. The second-order valence-electron chi connectivity index (χ2n) is 7.34. The van der Waals surface area contributed by atoms with Crippen molar-refractivity contribution in [3.63, 3.8) is 0 Å². The van der Waals surface area contributed by atoms with Crippen molar-refractivity contribution in [3.05, 3.63) is 66.4 Å². The zero-order chi connectivity index (χ0) is 24.5. The molecule has 4 aromatic rings. The molecule has 34 heavy (non-hydrogen) atoms. The minimum Gasteiger partial charge on any atom is -0.325 e. The molecule has 1 aromatic carbocycles. The third-order valence-corrected chi connectivity index (χ3v) is 5.23. The van der Waals surface area contributed by atoms with Crippen molar-refractivity contribution in [1.82, 2.24) is 24.5 Å². The fourth-order valence-electron chi connectivity index (χ4n) is 3.49. The van der Waals surface area contributed by atoms with Crippen LogP contribution in [0, 0.1) is 5.82 Å². The quantitative estimate of drug-likeness (QED) is 0.390. The molecular formula is C23H20F4N6O. The Bertz CT molecular complexity index is 1350. The number of urea groups is 1. The maximum absolute atomic E-state index is 14.3. The average molecular weight is 472 g/mol. The Morgan fingerprint density at radius 1 is 1.09 bits per heavy atom. The van der Waals surface area contributed by atoms with E-state index in [0.717, 1.165) is 6.20 Å². The second-order valence-corrected chi connectivity index (χ2v) is 7.34. The zero-order valence-corrected chi connectivity index (χ0v) is 18.3. The Balaban J connectivity index is 1.69. The molecule has 4 rings (SSSR count). The topological polar surface area (TPSA) is 75.4 Å². The van der Waals surface area contributed by atoms with Crippen LogP contribution in [-0.2, 0) is 6.18 Å². The number of nitrogens with zero attached hydrogens (tertiary/aromatic N) is 5. The lowest BCUT2D eigenvalue weighted by Gasteiger charge is -2.19. The molecule has 3 heterocycles. The van der Waals surface area contributed by atoms with E-state index in [2.05, 4.69) is 20.4 Å². The number of carbonyl (C=O) groups excluding carboxylic acids is 1. The molecule has 0 saturated carbocycles. The van der Waals surface area contributed by atoms with E-state index in [1.54, 1.807) is 0 Å². The molecule has 0 fully saturated rings. The molecule has 0 bridgehead atoms.